The molecule has 0 aliphatic rings. The van der Waals surface area contributed by atoms with E-state index in [-0.39, 0.29) is 12.4 Å². The van der Waals surface area contributed by atoms with Crippen LogP contribution in [0, 0.1) is 19.7 Å². The zero-order valence-corrected chi connectivity index (χ0v) is 19.2. The molecule has 0 radical (unpaired) electrons. The van der Waals surface area contributed by atoms with Crippen LogP contribution in [0.4, 0.5) is 23.2 Å². The van der Waals surface area contributed by atoms with E-state index in [4.69, 9.17) is 4.74 Å². The van der Waals surface area contributed by atoms with Crippen molar-refractivity contribution in [1.29, 1.82) is 0 Å². The number of aryl methyl sites for hydroxylation is 2. The number of aliphatic hydroxyl groups excluding tert-OH is 1. The molecule has 0 bridgehead atoms. The number of anilines is 1. The van der Waals surface area contributed by atoms with Gasteiger partial charge >= 0.3 is 11.9 Å². The summed E-state index contributed by atoms with van der Waals surface area (Å²) in [6, 6.07) is 0.608. The highest BCUT2D eigenvalue weighted by Crippen LogP contribution is 2.30. The number of carbonyl (C=O) groups is 1. The van der Waals surface area contributed by atoms with Crippen LogP contribution in [0.1, 0.15) is 40.6 Å². The molecular weight excluding hydrogens is 484 g/mol. The summed E-state index contributed by atoms with van der Waals surface area (Å²) in [6.07, 6.45) is -7.23. The summed E-state index contributed by atoms with van der Waals surface area (Å²) >= 11 is 1.10. The summed E-state index contributed by atoms with van der Waals surface area (Å²) in [5, 5.41) is 15.7. The second-order valence-corrected chi connectivity index (χ2v) is 8.09. The van der Waals surface area contributed by atoms with E-state index < -0.39 is 53.6 Å². The fourth-order valence-corrected chi connectivity index (χ4v) is 3.61. The second-order valence-electron chi connectivity index (χ2n) is 7.11. The first-order chi connectivity index (χ1) is 15.9. The fraction of sp³-hybridized carbons (Fsp3) is 0.421. The number of nitrogens with zero attached hydrogens (tertiary/aromatic N) is 5. The van der Waals surface area contributed by atoms with Gasteiger partial charge in [0.1, 0.15) is 12.2 Å². The standard InChI is InChI=1S/C19H20F4N6O4S/c1-5-28-13(7-30)26-29(18(28)32)15-12(20)6-11(17(25-15)33-10(4)19(21,22)23)16(31)24-14-8(2)27-34-9(14)3/h6,10,30H,5,7H2,1-4H3,(H,24,31)/t10-/m0/s1. The largest absolute Gasteiger partial charge is 0.464 e. The number of aromatic nitrogens is 5. The van der Waals surface area contributed by atoms with Crippen molar-refractivity contribution in [1.82, 2.24) is 23.7 Å². The Morgan fingerprint density at radius 3 is 2.53 bits per heavy atom. The molecule has 3 aromatic heterocycles. The van der Waals surface area contributed by atoms with Crippen LogP contribution >= 0.6 is 11.5 Å². The van der Waals surface area contributed by atoms with Crippen molar-refractivity contribution in [3.8, 4) is 11.7 Å². The van der Waals surface area contributed by atoms with Crippen LogP contribution in [0.2, 0.25) is 0 Å². The number of hydrogen-bond donors (Lipinski definition) is 2. The number of carbonyl (C=O) groups excluding carboxylic acids is 1. The first-order valence-electron chi connectivity index (χ1n) is 9.87. The summed E-state index contributed by atoms with van der Waals surface area (Å²) in [5.74, 6) is -3.98. The van der Waals surface area contributed by atoms with E-state index in [1.54, 1.807) is 20.8 Å². The van der Waals surface area contributed by atoms with Gasteiger partial charge in [0.2, 0.25) is 5.88 Å². The van der Waals surface area contributed by atoms with Gasteiger partial charge in [0.25, 0.3) is 5.91 Å². The third-order valence-electron chi connectivity index (χ3n) is 4.79. The average molecular weight is 504 g/mol. The maximum Gasteiger partial charge on any atom is 0.425 e. The van der Waals surface area contributed by atoms with Crippen LogP contribution in [-0.2, 0) is 13.2 Å². The van der Waals surface area contributed by atoms with Crippen LogP contribution < -0.4 is 15.7 Å². The number of hydrogen-bond acceptors (Lipinski definition) is 8. The minimum atomic E-state index is -4.82. The Morgan fingerprint density at radius 2 is 2.03 bits per heavy atom. The molecule has 0 saturated heterocycles. The highest BCUT2D eigenvalue weighted by atomic mass is 32.1. The molecule has 34 heavy (non-hydrogen) atoms. The van der Waals surface area contributed by atoms with E-state index in [1.165, 1.54) is 0 Å². The number of amides is 1. The van der Waals surface area contributed by atoms with E-state index in [0.29, 0.717) is 33.9 Å². The SMILES string of the molecule is CCn1c(CO)nn(-c2nc(O[C@@H](C)C(F)(F)F)c(C(=O)Nc3c(C)nsc3C)cc2F)c1=O. The zero-order valence-electron chi connectivity index (χ0n) is 18.4. The van der Waals surface area contributed by atoms with Crippen molar-refractivity contribution in [3.63, 3.8) is 0 Å². The topological polar surface area (TPSA) is 124 Å². The second kappa shape index (κ2) is 9.50. The highest BCUT2D eigenvalue weighted by molar-refractivity contribution is 7.06. The Balaban J connectivity index is 2.15. The maximum atomic E-state index is 15.0. The summed E-state index contributed by atoms with van der Waals surface area (Å²) < 4.78 is 64.9. The predicted octanol–water partition coefficient (Wildman–Crippen LogP) is 2.74. The quantitative estimate of drug-likeness (QED) is 0.474. The smallest absolute Gasteiger partial charge is 0.425 e. The predicted molar refractivity (Wildman–Crippen MR) is 113 cm³/mol. The van der Waals surface area contributed by atoms with Crippen LogP contribution in [0.25, 0.3) is 5.82 Å². The number of aliphatic hydroxyl groups is 1. The number of rotatable bonds is 7. The Labute approximate surface area is 194 Å². The van der Waals surface area contributed by atoms with Crippen molar-refractivity contribution >= 4 is 23.1 Å². The highest BCUT2D eigenvalue weighted by Gasteiger charge is 2.39. The van der Waals surface area contributed by atoms with Crippen LogP contribution in [0.3, 0.4) is 0 Å². The number of ether oxygens (including phenoxy) is 1. The van der Waals surface area contributed by atoms with Crippen molar-refractivity contribution in [3.05, 3.63) is 44.3 Å². The Hall–Kier alpha value is -3.33. The molecule has 0 aliphatic carbocycles. The molecular formula is C19H20F4N6O4S. The molecule has 0 fully saturated rings. The lowest BCUT2D eigenvalue weighted by atomic mass is 10.2. The molecule has 3 heterocycles. The number of alkyl halides is 3. The van der Waals surface area contributed by atoms with E-state index in [2.05, 4.69) is 19.8 Å². The van der Waals surface area contributed by atoms with Gasteiger partial charge in [-0.25, -0.2) is 9.18 Å². The third kappa shape index (κ3) is 4.79. The molecule has 0 spiro atoms. The molecule has 1 amide bonds. The van der Waals surface area contributed by atoms with E-state index in [1.807, 2.05) is 0 Å². The van der Waals surface area contributed by atoms with Gasteiger partial charge in [-0.05, 0) is 45.3 Å². The van der Waals surface area contributed by atoms with Gasteiger partial charge in [0, 0.05) is 11.4 Å². The normalized spacial score (nSPS) is 12.6. The van der Waals surface area contributed by atoms with Crippen LogP contribution in [0.15, 0.2) is 10.9 Å². The van der Waals surface area contributed by atoms with Crippen LogP contribution in [0.5, 0.6) is 5.88 Å². The molecule has 2 N–H and O–H groups in total. The summed E-state index contributed by atoms with van der Waals surface area (Å²) in [7, 11) is 0. The summed E-state index contributed by atoms with van der Waals surface area (Å²) in [5.41, 5.74) is -0.742. The molecule has 0 saturated carbocycles. The third-order valence-corrected chi connectivity index (χ3v) is 5.63. The Kier molecular flexibility index (Phi) is 7.07. The number of halogens is 4. The molecule has 184 valence electrons. The Morgan fingerprint density at radius 1 is 1.35 bits per heavy atom. The lowest BCUT2D eigenvalue weighted by molar-refractivity contribution is -0.190. The van der Waals surface area contributed by atoms with Crippen molar-refractivity contribution < 1.29 is 32.2 Å². The Bertz CT molecular complexity index is 1260. The maximum absolute atomic E-state index is 15.0. The van der Waals surface area contributed by atoms with Gasteiger partial charge < -0.3 is 15.2 Å². The molecule has 0 unspecified atom stereocenters. The van der Waals surface area contributed by atoms with Gasteiger partial charge in [-0.2, -0.15) is 27.2 Å². The van der Waals surface area contributed by atoms with E-state index >= 15 is 4.39 Å². The molecule has 15 heteroatoms. The molecule has 3 aromatic rings. The fourth-order valence-electron chi connectivity index (χ4n) is 2.95. The first-order valence-corrected chi connectivity index (χ1v) is 10.6. The van der Waals surface area contributed by atoms with E-state index in [9.17, 15) is 27.9 Å². The summed E-state index contributed by atoms with van der Waals surface area (Å²) in [4.78, 5) is 29.8. The lowest BCUT2D eigenvalue weighted by Gasteiger charge is -2.19. The van der Waals surface area contributed by atoms with Crippen molar-refractivity contribution in [2.45, 2.75) is 53.1 Å². The van der Waals surface area contributed by atoms with Gasteiger partial charge in [-0.1, -0.05) is 0 Å². The minimum Gasteiger partial charge on any atom is -0.464 e. The minimum absolute atomic E-state index is 0.0820. The molecule has 10 nitrogen and oxygen atoms in total. The molecule has 0 aromatic carbocycles. The molecule has 3 rings (SSSR count). The monoisotopic (exact) mass is 504 g/mol. The molecule has 1 atom stereocenters. The molecule has 0 aliphatic heterocycles. The summed E-state index contributed by atoms with van der Waals surface area (Å²) in [6.45, 7) is 4.97. The van der Waals surface area contributed by atoms with E-state index in [0.717, 1.165) is 16.1 Å². The zero-order chi connectivity index (χ0) is 25.4. The van der Waals surface area contributed by atoms with Gasteiger partial charge in [-0.15, -0.1) is 5.10 Å². The lowest BCUT2D eigenvalue weighted by Crippen LogP contribution is -2.33. The van der Waals surface area contributed by atoms with Crippen molar-refractivity contribution in [2.75, 3.05) is 5.32 Å². The van der Waals surface area contributed by atoms with Crippen molar-refractivity contribution in [2.24, 2.45) is 0 Å². The number of nitrogens with one attached hydrogen (secondary N) is 1. The van der Waals surface area contributed by atoms with Gasteiger partial charge in [0.15, 0.2) is 23.6 Å². The van der Waals surface area contributed by atoms with Crippen LogP contribution in [-0.4, -0.2) is 47.0 Å². The first kappa shape index (κ1) is 25.3. The average Bonchev–Trinajstić information content (AvgIpc) is 3.26. The number of pyridine rings is 1. The van der Waals surface area contributed by atoms with Gasteiger partial charge in [0.05, 0.1) is 11.4 Å². The van der Waals surface area contributed by atoms with Gasteiger partial charge in [-0.3, -0.25) is 9.36 Å².